The van der Waals surface area contributed by atoms with Crippen molar-refractivity contribution in [1.29, 1.82) is 0 Å². The summed E-state index contributed by atoms with van der Waals surface area (Å²) in [5.41, 5.74) is 0.639. The lowest BCUT2D eigenvalue weighted by Crippen LogP contribution is -2.56. The van der Waals surface area contributed by atoms with E-state index in [0.29, 0.717) is 28.8 Å². The number of Topliss-reactive ketones (excluding diaryl/α,β-unsaturated/α-hetero) is 2. The van der Waals surface area contributed by atoms with Crippen molar-refractivity contribution in [1.82, 2.24) is 0 Å². The third-order valence-corrected chi connectivity index (χ3v) is 9.21. The summed E-state index contributed by atoms with van der Waals surface area (Å²) >= 11 is 0. The van der Waals surface area contributed by atoms with E-state index in [1.807, 2.05) is 6.92 Å². The van der Waals surface area contributed by atoms with E-state index in [-0.39, 0.29) is 5.41 Å². The summed E-state index contributed by atoms with van der Waals surface area (Å²) in [6.45, 7) is 6.78. The summed E-state index contributed by atoms with van der Waals surface area (Å²) in [5, 5.41) is 0. The molecule has 0 aromatic rings. The SMILES string of the molecule is CC(=O)[C@H]1CCCC2[C@@H]3CC[C@H]4CC(=O)CC[C@]4(C)[C@H]3CC[C@@]21C. The van der Waals surface area contributed by atoms with Gasteiger partial charge in [0.15, 0.2) is 0 Å². The molecule has 0 spiro atoms. The van der Waals surface area contributed by atoms with Gasteiger partial charge >= 0.3 is 0 Å². The van der Waals surface area contributed by atoms with Crippen molar-refractivity contribution in [2.24, 2.45) is 40.4 Å². The van der Waals surface area contributed by atoms with E-state index in [1.165, 1.54) is 38.5 Å². The first kappa shape index (κ1) is 16.8. The van der Waals surface area contributed by atoms with E-state index in [2.05, 4.69) is 13.8 Å². The summed E-state index contributed by atoms with van der Waals surface area (Å²) in [4.78, 5) is 24.3. The van der Waals surface area contributed by atoms with Crippen molar-refractivity contribution < 1.29 is 9.59 Å². The van der Waals surface area contributed by atoms with Gasteiger partial charge in [-0.15, -0.1) is 0 Å². The van der Waals surface area contributed by atoms with E-state index in [9.17, 15) is 9.59 Å². The molecule has 4 fully saturated rings. The van der Waals surface area contributed by atoms with Crippen molar-refractivity contribution >= 4 is 11.6 Å². The first-order chi connectivity index (χ1) is 11.4. The highest BCUT2D eigenvalue weighted by Crippen LogP contribution is 2.66. The van der Waals surface area contributed by atoms with Crippen LogP contribution in [0.1, 0.15) is 85.0 Å². The fourth-order valence-electron chi connectivity index (χ4n) is 7.91. The number of carbonyl (C=O) groups excluding carboxylic acids is 2. The Labute approximate surface area is 147 Å². The van der Waals surface area contributed by atoms with Crippen LogP contribution in [0.2, 0.25) is 0 Å². The molecule has 4 aliphatic carbocycles. The lowest BCUT2D eigenvalue weighted by atomic mass is 9.41. The zero-order valence-corrected chi connectivity index (χ0v) is 15.8. The highest BCUT2D eigenvalue weighted by Gasteiger charge is 2.59. The van der Waals surface area contributed by atoms with Crippen LogP contribution in [0.25, 0.3) is 0 Å². The topological polar surface area (TPSA) is 34.1 Å². The molecule has 2 nitrogen and oxygen atoms in total. The predicted molar refractivity (Wildman–Crippen MR) is 95.5 cm³/mol. The molecule has 24 heavy (non-hydrogen) atoms. The number of hydrogen-bond donors (Lipinski definition) is 0. The first-order valence-electron chi connectivity index (χ1n) is 10.4. The Morgan fingerprint density at radius 3 is 2.46 bits per heavy atom. The van der Waals surface area contributed by atoms with E-state index in [4.69, 9.17) is 0 Å². The van der Waals surface area contributed by atoms with E-state index >= 15 is 0 Å². The third kappa shape index (κ3) is 2.27. The second kappa shape index (κ2) is 5.68. The first-order valence-corrected chi connectivity index (χ1v) is 10.4. The minimum Gasteiger partial charge on any atom is -0.300 e. The van der Waals surface area contributed by atoms with Crippen LogP contribution in [0.3, 0.4) is 0 Å². The molecule has 134 valence electrons. The monoisotopic (exact) mass is 330 g/mol. The summed E-state index contributed by atoms with van der Waals surface area (Å²) in [5.74, 6) is 4.23. The Balaban J connectivity index is 1.64. The van der Waals surface area contributed by atoms with Crippen LogP contribution < -0.4 is 0 Å². The van der Waals surface area contributed by atoms with Gasteiger partial charge in [-0.3, -0.25) is 9.59 Å². The zero-order valence-electron chi connectivity index (χ0n) is 15.8. The third-order valence-electron chi connectivity index (χ3n) is 9.21. The normalized spacial score (nSPS) is 51.3. The maximum atomic E-state index is 12.3. The molecule has 2 heteroatoms. The molecule has 0 aliphatic heterocycles. The number of hydrogen-bond acceptors (Lipinski definition) is 2. The minimum absolute atomic E-state index is 0.249. The molecular formula is C22H34O2. The second-order valence-corrected chi connectivity index (χ2v) is 10.0. The van der Waals surface area contributed by atoms with Gasteiger partial charge in [0.2, 0.25) is 0 Å². The molecule has 1 unspecified atom stereocenters. The highest BCUT2D eigenvalue weighted by molar-refractivity contribution is 5.80. The molecule has 7 atom stereocenters. The van der Waals surface area contributed by atoms with Gasteiger partial charge in [-0.25, -0.2) is 0 Å². The van der Waals surface area contributed by atoms with Crippen LogP contribution in [-0.2, 0) is 9.59 Å². The lowest BCUT2D eigenvalue weighted by molar-refractivity contribution is -0.158. The number of rotatable bonds is 1. The maximum Gasteiger partial charge on any atom is 0.133 e. The van der Waals surface area contributed by atoms with E-state index < -0.39 is 0 Å². The van der Waals surface area contributed by atoms with Gasteiger partial charge in [0.05, 0.1) is 0 Å². The van der Waals surface area contributed by atoms with Crippen LogP contribution in [0.15, 0.2) is 0 Å². The van der Waals surface area contributed by atoms with Crippen molar-refractivity contribution in [3.8, 4) is 0 Å². The summed E-state index contributed by atoms with van der Waals surface area (Å²) in [6.07, 6.45) is 11.6. The quantitative estimate of drug-likeness (QED) is 0.662. The van der Waals surface area contributed by atoms with E-state index in [1.54, 1.807) is 0 Å². The Morgan fingerprint density at radius 2 is 1.71 bits per heavy atom. The van der Waals surface area contributed by atoms with Crippen molar-refractivity contribution in [3.05, 3.63) is 0 Å². The second-order valence-electron chi connectivity index (χ2n) is 10.0. The van der Waals surface area contributed by atoms with Gasteiger partial charge in [-0.2, -0.15) is 0 Å². The van der Waals surface area contributed by atoms with Gasteiger partial charge < -0.3 is 0 Å². The molecule has 4 aliphatic rings. The van der Waals surface area contributed by atoms with Gasteiger partial charge in [-0.05, 0) is 86.4 Å². The van der Waals surface area contributed by atoms with E-state index in [0.717, 1.165) is 43.4 Å². The molecule has 0 aromatic heterocycles. The van der Waals surface area contributed by atoms with Crippen molar-refractivity contribution in [2.45, 2.75) is 85.0 Å². The standard InChI is InChI=1S/C22H34O2/c1-14(23)18-5-4-6-19-17-8-7-15-13-16(24)9-11-21(15,2)20(17)10-12-22(18,19)3/h15,17-20H,4-13H2,1-3H3/t15-,17-,18+,19?,20-,21-,22+/m0/s1. The average molecular weight is 331 g/mol. The molecule has 0 saturated heterocycles. The average Bonchev–Trinajstić information content (AvgIpc) is 2.54. The zero-order chi connectivity index (χ0) is 17.1. The summed E-state index contributed by atoms with van der Waals surface area (Å²) in [6, 6.07) is 0. The fourth-order valence-corrected chi connectivity index (χ4v) is 7.91. The Kier molecular flexibility index (Phi) is 3.97. The Hall–Kier alpha value is -0.660. The van der Waals surface area contributed by atoms with Crippen molar-refractivity contribution in [2.75, 3.05) is 0 Å². The van der Waals surface area contributed by atoms with Gasteiger partial charge in [0, 0.05) is 18.8 Å². The van der Waals surface area contributed by atoms with Gasteiger partial charge in [-0.1, -0.05) is 20.3 Å². The number of ketones is 2. The molecule has 0 amide bonds. The molecule has 4 rings (SSSR count). The predicted octanol–water partition coefficient (Wildman–Crippen LogP) is 5.19. The summed E-state index contributed by atoms with van der Waals surface area (Å²) in [7, 11) is 0. The lowest BCUT2D eigenvalue weighted by Gasteiger charge is -2.63. The van der Waals surface area contributed by atoms with Crippen LogP contribution in [0, 0.1) is 40.4 Å². The summed E-state index contributed by atoms with van der Waals surface area (Å²) < 4.78 is 0. The van der Waals surface area contributed by atoms with Gasteiger partial charge in [0.25, 0.3) is 0 Å². The van der Waals surface area contributed by atoms with Crippen LogP contribution in [-0.4, -0.2) is 11.6 Å². The Bertz CT molecular complexity index is 552. The number of fused-ring (bicyclic) bond motifs is 5. The molecule has 0 aromatic carbocycles. The molecule has 4 saturated carbocycles. The van der Waals surface area contributed by atoms with Crippen LogP contribution in [0.4, 0.5) is 0 Å². The van der Waals surface area contributed by atoms with Crippen molar-refractivity contribution in [3.63, 3.8) is 0 Å². The van der Waals surface area contributed by atoms with Gasteiger partial charge in [0.1, 0.15) is 11.6 Å². The molecule has 0 heterocycles. The maximum absolute atomic E-state index is 12.3. The molecule has 0 bridgehead atoms. The Morgan fingerprint density at radius 1 is 0.958 bits per heavy atom. The minimum atomic E-state index is 0.249. The molecule has 0 N–H and O–H groups in total. The largest absolute Gasteiger partial charge is 0.300 e. The van der Waals surface area contributed by atoms with Crippen LogP contribution >= 0.6 is 0 Å². The smallest absolute Gasteiger partial charge is 0.133 e. The highest BCUT2D eigenvalue weighted by atomic mass is 16.1. The fraction of sp³-hybridized carbons (Fsp3) is 0.909. The molecule has 0 radical (unpaired) electrons. The van der Waals surface area contributed by atoms with Crippen LogP contribution in [0.5, 0.6) is 0 Å². The number of carbonyl (C=O) groups is 2. The molecular weight excluding hydrogens is 296 g/mol.